The van der Waals surface area contributed by atoms with Crippen molar-refractivity contribution >= 4 is 0 Å². The number of tetrazole rings is 2. The van der Waals surface area contributed by atoms with Crippen molar-refractivity contribution in [1.82, 2.24) is 51.9 Å². The molecule has 2 aromatic rings. The number of nitrogens with one attached hydrogen (secondary N) is 4. The number of nitrogens with zero attached hydrogens (tertiary/aromatic N) is 6. The molecular weight excluding hydrogens is 212 g/mol. The van der Waals surface area contributed by atoms with Crippen LogP contribution in [0.5, 0.6) is 0 Å². The number of H-pyrrole nitrogens is 2. The Morgan fingerprint density at radius 3 is 2.06 bits per heavy atom. The van der Waals surface area contributed by atoms with Crippen molar-refractivity contribution in [2.24, 2.45) is 0 Å². The second kappa shape index (κ2) is 3.57. The van der Waals surface area contributed by atoms with E-state index in [1.165, 1.54) is 0 Å². The van der Waals surface area contributed by atoms with Gasteiger partial charge in [-0.2, -0.15) is 0 Å². The Kier molecular flexibility index (Phi) is 2.08. The fourth-order valence-corrected chi connectivity index (χ4v) is 1.83. The van der Waals surface area contributed by atoms with Gasteiger partial charge in [0.25, 0.3) is 0 Å². The Morgan fingerprint density at radius 2 is 1.62 bits per heavy atom. The van der Waals surface area contributed by atoms with E-state index in [1.807, 2.05) is 0 Å². The normalized spacial score (nSPS) is 19.8. The van der Waals surface area contributed by atoms with Crippen LogP contribution in [0.15, 0.2) is 0 Å². The van der Waals surface area contributed by atoms with Gasteiger partial charge in [-0.3, -0.25) is 5.32 Å². The predicted octanol–water partition coefficient (Wildman–Crippen LogP) is -2.85. The van der Waals surface area contributed by atoms with Crippen LogP contribution in [-0.4, -0.2) is 60.9 Å². The van der Waals surface area contributed by atoms with Crippen molar-refractivity contribution in [3.8, 4) is 0 Å². The van der Waals surface area contributed by atoms with E-state index in [1.54, 1.807) is 0 Å². The first-order valence-corrected chi connectivity index (χ1v) is 4.86. The number of piperazine rings is 1. The first-order chi connectivity index (χ1) is 7.92. The summed E-state index contributed by atoms with van der Waals surface area (Å²) in [6, 6.07) is 0. The zero-order valence-electron chi connectivity index (χ0n) is 8.30. The molecule has 2 aromatic heterocycles. The summed E-state index contributed by atoms with van der Waals surface area (Å²) in [4.78, 5) is 0. The first-order valence-electron chi connectivity index (χ1n) is 4.86. The maximum absolute atomic E-state index is 3.93. The lowest BCUT2D eigenvalue weighted by Gasteiger charge is -2.33. The highest BCUT2D eigenvalue weighted by Gasteiger charge is 2.42. The van der Waals surface area contributed by atoms with Crippen LogP contribution in [0.1, 0.15) is 11.6 Å². The molecule has 3 heterocycles. The zero-order chi connectivity index (χ0) is 10.8. The minimum absolute atomic E-state index is 0.582. The van der Waals surface area contributed by atoms with Gasteiger partial charge in [0.15, 0.2) is 17.2 Å². The van der Waals surface area contributed by atoms with Crippen molar-refractivity contribution in [1.29, 1.82) is 0 Å². The van der Waals surface area contributed by atoms with Crippen LogP contribution in [0.2, 0.25) is 0 Å². The van der Waals surface area contributed by atoms with Crippen molar-refractivity contribution in [2.45, 2.75) is 5.54 Å². The molecule has 1 saturated heterocycles. The third-order valence-corrected chi connectivity index (χ3v) is 2.62. The van der Waals surface area contributed by atoms with Gasteiger partial charge in [0.1, 0.15) is 0 Å². The molecule has 0 radical (unpaired) electrons. The zero-order valence-corrected chi connectivity index (χ0v) is 8.30. The fourth-order valence-electron chi connectivity index (χ4n) is 1.83. The van der Waals surface area contributed by atoms with E-state index in [4.69, 9.17) is 0 Å². The second-order valence-corrected chi connectivity index (χ2v) is 3.51. The Balaban J connectivity index is 2.07. The molecule has 3 rings (SSSR count). The van der Waals surface area contributed by atoms with Gasteiger partial charge in [-0.25, -0.2) is 10.2 Å². The lowest BCUT2D eigenvalue weighted by molar-refractivity contribution is 0.299. The van der Waals surface area contributed by atoms with Crippen molar-refractivity contribution in [2.75, 3.05) is 19.6 Å². The number of rotatable bonds is 2. The Hall–Kier alpha value is -1.94. The van der Waals surface area contributed by atoms with Gasteiger partial charge >= 0.3 is 0 Å². The van der Waals surface area contributed by atoms with E-state index in [-0.39, 0.29) is 0 Å². The van der Waals surface area contributed by atoms with E-state index in [9.17, 15) is 0 Å². The van der Waals surface area contributed by atoms with Gasteiger partial charge < -0.3 is 5.32 Å². The summed E-state index contributed by atoms with van der Waals surface area (Å²) in [5.41, 5.74) is -0.620. The summed E-state index contributed by atoms with van der Waals surface area (Å²) in [6.45, 7) is 2.27. The number of hydrogen-bond acceptors (Lipinski definition) is 8. The molecule has 0 bridgehead atoms. The lowest BCUT2D eigenvalue weighted by Crippen LogP contribution is -2.58. The highest BCUT2D eigenvalue weighted by atomic mass is 15.5. The van der Waals surface area contributed by atoms with Gasteiger partial charge in [-0.1, -0.05) is 0 Å². The van der Waals surface area contributed by atoms with Crippen LogP contribution in [0.25, 0.3) is 0 Å². The molecule has 4 N–H and O–H groups in total. The minimum Gasteiger partial charge on any atom is -0.313 e. The average Bonchev–Trinajstić information content (AvgIpc) is 3.04. The minimum atomic E-state index is -0.620. The lowest BCUT2D eigenvalue weighted by atomic mass is 9.95. The number of hydrogen-bond donors (Lipinski definition) is 4. The molecule has 10 nitrogen and oxygen atoms in total. The molecule has 0 unspecified atom stereocenters. The van der Waals surface area contributed by atoms with Gasteiger partial charge in [0.05, 0.1) is 0 Å². The fraction of sp³-hybridized carbons (Fsp3) is 0.667. The van der Waals surface area contributed by atoms with Crippen LogP contribution < -0.4 is 10.6 Å². The third-order valence-electron chi connectivity index (χ3n) is 2.62. The summed E-state index contributed by atoms with van der Waals surface area (Å²) < 4.78 is 0. The van der Waals surface area contributed by atoms with Gasteiger partial charge in [-0.15, -0.1) is 10.2 Å². The van der Waals surface area contributed by atoms with Crippen molar-refractivity contribution in [3.63, 3.8) is 0 Å². The maximum atomic E-state index is 3.93. The van der Waals surface area contributed by atoms with Gasteiger partial charge in [-0.05, 0) is 20.9 Å². The molecule has 0 aliphatic carbocycles. The second-order valence-electron chi connectivity index (χ2n) is 3.51. The van der Waals surface area contributed by atoms with Crippen molar-refractivity contribution < 1.29 is 0 Å². The average molecular weight is 222 g/mol. The van der Waals surface area contributed by atoms with E-state index in [2.05, 4.69) is 51.9 Å². The molecule has 1 fully saturated rings. The molecule has 84 valence electrons. The highest BCUT2D eigenvalue weighted by Crippen LogP contribution is 2.23. The molecule has 10 heteroatoms. The van der Waals surface area contributed by atoms with Crippen LogP contribution in [0.4, 0.5) is 0 Å². The summed E-state index contributed by atoms with van der Waals surface area (Å²) in [5, 5.41) is 34.3. The molecule has 1 aliphatic rings. The molecule has 1 aliphatic heterocycles. The molecule has 0 atom stereocenters. The largest absolute Gasteiger partial charge is 0.313 e. The van der Waals surface area contributed by atoms with E-state index >= 15 is 0 Å². The summed E-state index contributed by atoms with van der Waals surface area (Å²) in [5.74, 6) is 1.16. The summed E-state index contributed by atoms with van der Waals surface area (Å²) in [6.07, 6.45) is 0. The van der Waals surface area contributed by atoms with Crippen LogP contribution in [0.3, 0.4) is 0 Å². The molecule has 16 heavy (non-hydrogen) atoms. The highest BCUT2D eigenvalue weighted by molar-refractivity contribution is 5.20. The van der Waals surface area contributed by atoms with E-state index < -0.39 is 5.54 Å². The van der Waals surface area contributed by atoms with E-state index in [0.717, 1.165) is 13.1 Å². The quantitative estimate of drug-likeness (QED) is 0.426. The predicted molar refractivity (Wildman–Crippen MR) is 50.0 cm³/mol. The Bertz CT molecular complexity index is 390. The van der Waals surface area contributed by atoms with Crippen LogP contribution in [0, 0.1) is 0 Å². The Morgan fingerprint density at radius 1 is 0.938 bits per heavy atom. The van der Waals surface area contributed by atoms with E-state index in [0.29, 0.717) is 18.2 Å². The molecule has 0 saturated carbocycles. The monoisotopic (exact) mass is 222 g/mol. The summed E-state index contributed by atoms with van der Waals surface area (Å²) in [7, 11) is 0. The SMILES string of the molecule is C1CNC(c2nnn[nH]2)(c2nnn[nH]2)CN1. The molecule has 0 amide bonds. The third kappa shape index (κ3) is 1.27. The summed E-state index contributed by atoms with van der Waals surface area (Å²) >= 11 is 0. The standard InChI is InChI=1S/C6H10N10/c1-2-8-6(3-7-1,4-9-13-14-10-4)5-11-15-16-12-5/h7-8H,1-3H2,(H,9,10,13,14)(H,11,12,15,16). The molecule has 0 spiro atoms. The van der Waals surface area contributed by atoms with Crippen LogP contribution >= 0.6 is 0 Å². The molecular formula is C6H10N10. The molecule has 0 aromatic carbocycles. The topological polar surface area (TPSA) is 133 Å². The van der Waals surface area contributed by atoms with Gasteiger partial charge in [0.2, 0.25) is 0 Å². The maximum Gasteiger partial charge on any atom is 0.178 e. The number of aromatic amines is 2. The van der Waals surface area contributed by atoms with Gasteiger partial charge in [0, 0.05) is 19.6 Å². The first kappa shape index (κ1) is 9.30. The van der Waals surface area contributed by atoms with Crippen molar-refractivity contribution in [3.05, 3.63) is 11.6 Å². The smallest absolute Gasteiger partial charge is 0.178 e. The van der Waals surface area contributed by atoms with Crippen LogP contribution in [-0.2, 0) is 5.54 Å². The number of aromatic nitrogens is 8. The Labute approximate surface area is 89.6 Å².